The number of carbonyl (C=O) groups excluding carboxylic acids is 5. The number of hydrogen-bond donors (Lipinski definition) is 4. The second kappa shape index (κ2) is 17.5. The number of carbonyl (C=O) groups is 5. The molecule has 9 unspecified atom stereocenters. The Kier molecular flexibility index (Phi) is 14.4. The van der Waals surface area contributed by atoms with Gasteiger partial charge in [0.05, 0.1) is 35.8 Å². The molecule has 0 spiro atoms. The Balaban J connectivity index is 0.00000720. The maximum Gasteiger partial charge on any atom is 0.408 e. The van der Waals surface area contributed by atoms with E-state index in [9.17, 15) is 34.5 Å². The molecular weight excluding hydrogens is 953 g/mol. The Bertz CT molecular complexity index is 1780. The number of ether oxygens (including phenoxy) is 5. The van der Waals surface area contributed by atoms with Crippen LogP contribution in [0.4, 0.5) is 4.79 Å². The molecule has 2 bridgehead atoms. The number of aliphatic hydroxyl groups excluding tert-OH is 2. The molecule has 1 saturated heterocycles. The molecule has 4 aliphatic rings. The minimum atomic E-state index is -1.91. The molecule has 14 nitrogen and oxygen atoms in total. The molecule has 1 heterocycles. The molecule has 2 saturated carbocycles. The number of fused-ring (bicyclic) bond motifs is 5. The van der Waals surface area contributed by atoms with Crippen molar-refractivity contribution in [2.24, 2.45) is 22.7 Å². The number of allylic oxidation sites excluding steroid dienone is 1. The molecule has 311 valence electrons. The fraction of sp³-hybridized carbons (Fsp3) is 0.643. The predicted octanol–water partition coefficient (Wildman–Crippen LogP) is 4.13. The number of aliphatic hydroxyl groups is 3. The summed E-state index contributed by atoms with van der Waals surface area (Å²) in [7, 11) is 0. The molecule has 1 aromatic rings. The first-order chi connectivity index (χ1) is 26.0. The molecular formula is C42H57AcNO13. The van der Waals surface area contributed by atoms with E-state index in [0.29, 0.717) is 11.1 Å². The predicted molar refractivity (Wildman–Crippen MR) is 201 cm³/mol. The number of alkyl carbamates (subject to hydrolysis) is 1. The number of amides is 1. The van der Waals surface area contributed by atoms with Crippen molar-refractivity contribution in [2.45, 2.75) is 142 Å². The largest absolute Gasteiger partial charge is 0.458 e. The number of benzene rings is 1. The van der Waals surface area contributed by atoms with Crippen LogP contribution in [0, 0.1) is 66.7 Å². The van der Waals surface area contributed by atoms with Crippen LogP contribution in [0.2, 0.25) is 0 Å². The number of ketones is 1. The third-order valence-electron chi connectivity index (χ3n) is 12.0. The zero-order chi connectivity index (χ0) is 41.7. The SMILES string of the molecule is CCC(=O)OC1C(=O)[C@]2(C)C(O)CC3OCC3(O)C2[C@H](OC(=O)c2ccccc2)C2CC(OC(=O)C(O)C(C=C(C)C)NC(=O)OC(C)(C)C)C(C)=C1C2(C)C.[Ac]. The molecule has 57 heavy (non-hydrogen) atoms. The van der Waals surface area contributed by atoms with Crippen molar-refractivity contribution in [3.8, 4) is 0 Å². The molecule has 1 amide bonds. The number of hydrogen-bond acceptors (Lipinski definition) is 13. The van der Waals surface area contributed by atoms with Crippen LogP contribution in [0.3, 0.4) is 0 Å². The molecule has 0 aromatic heterocycles. The van der Waals surface area contributed by atoms with Crippen molar-refractivity contribution in [1.29, 1.82) is 0 Å². The van der Waals surface area contributed by atoms with Gasteiger partial charge in [0.2, 0.25) is 0 Å². The first kappa shape index (κ1) is 47.0. The van der Waals surface area contributed by atoms with Gasteiger partial charge in [-0.05, 0) is 83.6 Å². The summed E-state index contributed by atoms with van der Waals surface area (Å²) in [5, 5.41) is 38.2. The summed E-state index contributed by atoms with van der Waals surface area (Å²) in [6.07, 6.45) is -7.86. The maximum atomic E-state index is 15.2. The van der Waals surface area contributed by atoms with E-state index in [2.05, 4.69) is 5.32 Å². The van der Waals surface area contributed by atoms with Crippen LogP contribution >= 0.6 is 0 Å². The van der Waals surface area contributed by atoms with Crippen molar-refractivity contribution < 1.29 is 107 Å². The standard InChI is InChI=1S/C42H57NO13.Ac/c1-11-29(45)54-33-30-22(4)26(53-37(49)31(46)25(17-21(2)3)43-38(50)56-39(5,6)7)18-24(40(30,8)9)32(55-36(48)23-15-13-12-14-16-23)34-41(10,35(33)47)27(44)19-28-42(34,51)20-52-28;/h12-17,24-28,31-34,44,46,51H,11,18-20H2,1-10H3,(H,43,50);/t24?,25?,26?,27?,28?,31?,32-,33?,34?,41-,42?;/m1./s1. The molecule has 5 rings (SSSR count). The Hall–Kier alpha value is -2.67. The van der Waals surface area contributed by atoms with Crippen molar-refractivity contribution in [2.75, 3.05) is 6.61 Å². The quantitative estimate of drug-likeness (QED) is 0.156. The fourth-order valence-electron chi connectivity index (χ4n) is 9.12. The summed E-state index contributed by atoms with van der Waals surface area (Å²) in [5.74, 6) is -5.39. The molecule has 3 aliphatic carbocycles. The van der Waals surface area contributed by atoms with Crippen LogP contribution in [-0.4, -0.2) is 106 Å². The van der Waals surface area contributed by atoms with Gasteiger partial charge in [-0.2, -0.15) is 0 Å². The average Bonchev–Trinajstić information content (AvgIpc) is 3.10. The molecule has 4 N–H and O–H groups in total. The first-order valence-corrected chi connectivity index (χ1v) is 19.2. The second-order valence-corrected chi connectivity index (χ2v) is 17.6. The average molecular weight is 1010 g/mol. The fourth-order valence-corrected chi connectivity index (χ4v) is 9.12. The van der Waals surface area contributed by atoms with Crippen LogP contribution in [0.25, 0.3) is 0 Å². The number of nitrogens with one attached hydrogen (secondary N) is 1. The van der Waals surface area contributed by atoms with E-state index in [1.807, 2.05) is 13.8 Å². The topological polar surface area (TPSA) is 204 Å². The molecule has 1 aromatic carbocycles. The van der Waals surface area contributed by atoms with Gasteiger partial charge in [0.15, 0.2) is 18.0 Å². The third kappa shape index (κ3) is 9.09. The summed E-state index contributed by atoms with van der Waals surface area (Å²) >= 11 is 0. The van der Waals surface area contributed by atoms with Crippen LogP contribution in [0.15, 0.2) is 53.1 Å². The van der Waals surface area contributed by atoms with Crippen molar-refractivity contribution in [3.05, 3.63) is 58.7 Å². The molecule has 15 heteroatoms. The monoisotopic (exact) mass is 1010 g/mol. The van der Waals surface area contributed by atoms with E-state index in [1.54, 1.807) is 78.8 Å². The summed E-state index contributed by atoms with van der Waals surface area (Å²) in [5.41, 5.74) is -4.03. The van der Waals surface area contributed by atoms with E-state index < -0.39 is 106 Å². The molecule has 1 radical (unpaired) electrons. The number of Topliss-reactive ketones (excluding diaryl/α,β-unsaturated/α-hetero) is 1. The van der Waals surface area contributed by atoms with Gasteiger partial charge in [0.25, 0.3) is 0 Å². The van der Waals surface area contributed by atoms with E-state index in [1.165, 1.54) is 13.0 Å². The summed E-state index contributed by atoms with van der Waals surface area (Å²) in [6.45, 7) is 16.6. The zero-order valence-electron chi connectivity index (χ0n) is 34.5. The van der Waals surface area contributed by atoms with Crippen LogP contribution in [0.5, 0.6) is 0 Å². The van der Waals surface area contributed by atoms with Crippen molar-refractivity contribution in [1.82, 2.24) is 5.32 Å². The smallest absolute Gasteiger partial charge is 0.408 e. The number of esters is 3. The van der Waals surface area contributed by atoms with Gasteiger partial charge in [0, 0.05) is 68.7 Å². The Labute approximate surface area is 370 Å². The maximum absolute atomic E-state index is 15.2. The minimum Gasteiger partial charge on any atom is -0.458 e. The summed E-state index contributed by atoms with van der Waals surface area (Å²) in [4.78, 5) is 69.0. The van der Waals surface area contributed by atoms with Crippen molar-refractivity contribution in [3.63, 3.8) is 0 Å². The van der Waals surface area contributed by atoms with Crippen LogP contribution in [0.1, 0.15) is 98.9 Å². The van der Waals surface area contributed by atoms with E-state index >= 15 is 4.79 Å². The van der Waals surface area contributed by atoms with Crippen molar-refractivity contribution >= 4 is 29.8 Å². The molecule has 3 fully saturated rings. The van der Waals surface area contributed by atoms with Gasteiger partial charge in [-0.15, -0.1) is 0 Å². The van der Waals surface area contributed by atoms with Gasteiger partial charge in [0.1, 0.15) is 23.4 Å². The Morgan fingerprint density at radius 1 is 1.04 bits per heavy atom. The number of rotatable bonds is 9. The van der Waals surface area contributed by atoms with Crippen LogP contribution < -0.4 is 5.32 Å². The van der Waals surface area contributed by atoms with Crippen LogP contribution in [-0.2, 0) is 38.1 Å². The van der Waals surface area contributed by atoms with Gasteiger partial charge < -0.3 is 44.3 Å². The first-order valence-electron chi connectivity index (χ1n) is 19.2. The van der Waals surface area contributed by atoms with Gasteiger partial charge >= 0.3 is 24.0 Å². The van der Waals surface area contributed by atoms with E-state index in [-0.39, 0.29) is 81.1 Å². The zero-order valence-corrected chi connectivity index (χ0v) is 39.2. The second-order valence-electron chi connectivity index (χ2n) is 17.6. The summed E-state index contributed by atoms with van der Waals surface area (Å²) < 4.78 is 29.5. The Morgan fingerprint density at radius 2 is 1.67 bits per heavy atom. The summed E-state index contributed by atoms with van der Waals surface area (Å²) in [6, 6.07) is 6.94. The van der Waals surface area contributed by atoms with Gasteiger partial charge in [-0.1, -0.05) is 50.6 Å². The molecule has 1 aliphatic heterocycles. The molecule has 11 atom stereocenters. The minimum absolute atomic E-state index is 0. The van der Waals surface area contributed by atoms with E-state index in [0.717, 1.165) is 0 Å². The normalized spacial score (nSPS) is 32.5. The third-order valence-corrected chi connectivity index (χ3v) is 12.0. The van der Waals surface area contributed by atoms with Gasteiger partial charge in [-0.25, -0.2) is 14.4 Å². The van der Waals surface area contributed by atoms with Gasteiger partial charge in [-0.3, -0.25) is 9.59 Å². The Morgan fingerprint density at radius 3 is 2.21 bits per heavy atom. The van der Waals surface area contributed by atoms with E-state index in [4.69, 9.17) is 23.7 Å².